The first kappa shape index (κ1) is 20.0. The topological polar surface area (TPSA) is 92.3 Å². The van der Waals surface area contributed by atoms with Gasteiger partial charge in [0.15, 0.2) is 5.78 Å². The maximum atomic E-state index is 12.0. The van der Waals surface area contributed by atoms with Crippen LogP contribution >= 0.6 is 27.5 Å². The maximum absolute atomic E-state index is 12.0. The van der Waals surface area contributed by atoms with E-state index in [9.17, 15) is 14.9 Å². The van der Waals surface area contributed by atoms with Gasteiger partial charge in [0.2, 0.25) is 11.8 Å². The molecule has 1 N–H and O–H groups in total. The lowest BCUT2D eigenvalue weighted by Crippen LogP contribution is -2.13. The Bertz CT molecular complexity index is 886. The standard InChI is InChI=1S/C18H16BrClN2O4/c1-10(23)17-11(2)26-18(13(17)9-21)22-16(24)4-3-7-25-15-6-5-12(20)8-14(15)19/h5-6,8H,3-4,7H2,1-2H3,(H,22,24). The van der Waals surface area contributed by atoms with E-state index in [0.29, 0.717) is 29.6 Å². The van der Waals surface area contributed by atoms with Gasteiger partial charge in [-0.2, -0.15) is 5.26 Å². The lowest BCUT2D eigenvalue weighted by molar-refractivity contribution is -0.116. The fourth-order valence-electron chi connectivity index (χ4n) is 2.36. The van der Waals surface area contributed by atoms with Gasteiger partial charge < -0.3 is 9.15 Å². The summed E-state index contributed by atoms with van der Waals surface area (Å²) >= 11 is 9.21. The van der Waals surface area contributed by atoms with Crippen LogP contribution < -0.4 is 10.1 Å². The highest BCUT2D eigenvalue weighted by molar-refractivity contribution is 9.10. The summed E-state index contributed by atoms with van der Waals surface area (Å²) in [6.07, 6.45) is 0.632. The number of Topliss-reactive ketones (excluding diaryl/α,β-unsaturated/α-hetero) is 1. The molecule has 2 aromatic rings. The summed E-state index contributed by atoms with van der Waals surface area (Å²) in [4.78, 5) is 23.6. The second-order valence-electron chi connectivity index (χ2n) is 5.48. The third-order valence-corrected chi connectivity index (χ3v) is 4.36. The molecule has 0 atom stereocenters. The first-order chi connectivity index (χ1) is 12.3. The Hall–Kier alpha value is -2.30. The maximum Gasteiger partial charge on any atom is 0.226 e. The molecule has 0 radical (unpaired) electrons. The molecule has 1 aromatic carbocycles. The van der Waals surface area contributed by atoms with Gasteiger partial charge in [-0.1, -0.05) is 11.6 Å². The number of nitriles is 1. The van der Waals surface area contributed by atoms with Gasteiger partial charge in [-0.25, -0.2) is 0 Å². The number of ether oxygens (including phenoxy) is 1. The van der Waals surface area contributed by atoms with Gasteiger partial charge >= 0.3 is 0 Å². The van der Waals surface area contributed by atoms with Crippen molar-refractivity contribution in [1.82, 2.24) is 0 Å². The van der Waals surface area contributed by atoms with Gasteiger partial charge in [0.1, 0.15) is 23.1 Å². The number of benzene rings is 1. The fraction of sp³-hybridized carbons (Fsp3) is 0.278. The van der Waals surface area contributed by atoms with Crippen LogP contribution in [0.1, 0.15) is 41.4 Å². The number of hydrogen-bond acceptors (Lipinski definition) is 5. The highest BCUT2D eigenvalue weighted by Crippen LogP contribution is 2.28. The molecule has 1 amide bonds. The van der Waals surface area contributed by atoms with Gasteiger partial charge in [0.25, 0.3) is 0 Å². The molecule has 136 valence electrons. The zero-order valence-corrected chi connectivity index (χ0v) is 16.5. The Morgan fingerprint density at radius 3 is 2.77 bits per heavy atom. The van der Waals surface area contributed by atoms with Crippen molar-refractivity contribution in [3.63, 3.8) is 0 Å². The number of aryl methyl sites for hydroxylation is 1. The van der Waals surface area contributed by atoms with Crippen molar-refractivity contribution < 1.29 is 18.7 Å². The third kappa shape index (κ3) is 4.87. The summed E-state index contributed by atoms with van der Waals surface area (Å²) < 4.78 is 11.7. The smallest absolute Gasteiger partial charge is 0.226 e. The number of carbonyl (C=O) groups is 2. The number of carbonyl (C=O) groups excluding carboxylic acids is 2. The molecule has 0 aliphatic heterocycles. The van der Waals surface area contributed by atoms with Crippen molar-refractivity contribution in [2.24, 2.45) is 0 Å². The molecule has 0 spiro atoms. The Morgan fingerprint density at radius 2 is 2.15 bits per heavy atom. The van der Waals surface area contributed by atoms with E-state index in [0.717, 1.165) is 4.47 Å². The lowest BCUT2D eigenvalue weighted by Gasteiger charge is -2.08. The van der Waals surface area contributed by atoms with Crippen molar-refractivity contribution in [3.05, 3.63) is 44.6 Å². The second-order valence-corrected chi connectivity index (χ2v) is 6.77. The Labute approximate surface area is 164 Å². The van der Waals surface area contributed by atoms with Gasteiger partial charge in [0.05, 0.1) is 16.6 Å². The fourth-order valence-corrected chi connectivity index (χ4v) is 3.16. The highest BCUT2D eigenvalue weighted by atomic mass is 79.9. The van der Waals surface area contributed by atoms with Crippen LogP contribution in [0.4, 0.5) is 5.88 Å². The Balaban J connectivity index is 1.89. The summed E-state index contributed by atoms with van der Waals surface area (Å²) in [5.41, 5.74) is 0.239. The average molecular weight is 440 g/mol. The molecular weight excluding hydrogens is 424 g/mol. The van der Waals surface area contributed by atoms with E-state index in [1.807, 2.05) is 6.07 Å². The third-order valence-electron chi connectivity index (χ3n) is 3.50. The molecule has 0 saturated heterocycles. The summed E-state index contributed by atoms with van der Waals surface area (Å²) in [6.45, 7) is 3.25. The predicted molar refractivity (Wildman–Crippen MR) is 101 cm³/mol. The van der Waals surface area contributed by atoms with Crippen LogP contribution in [0, 0.1) is 18.3 Å². The minimum Gasteiger partial charge on any atom is -0.492 e. The normalized spacial score (nSPS) is 10.3. The molecule has 1 heterocycles. The molecule has 26 heavy (non-hydrogen) atoms. The molecule has 0 unspecified atom stereocenters. The van der Waals surface area contributed by atoms with Crippen molar-refractivity contribution in [3.8, 4) is 11.8 Å². The molecule has 8 heteroatoms. The largest absolute Gasteiger partial charge is 0.492 e. The van der Waals surface area contributed by atoms with Gasteiger partial charge in [-0.3, -0.25) is 14.9 Å². The van der Waals surface area contributed by atoms with Crippen LogP contribution in [0.25, 0.3) is 0 Å². The second kappa shape index (κ2) is 8.88. The minimum atomic E-state index is -0.330. The molecular formula is C18H16BrClN2O4. The monoisotopic (exact) mass is 438 g/mol. The number of halogens is 2. The van der Waals surface area contributed by atoms with E-state index < -0.39 is 0 Å². The minimum absolute atomic E-state index is 0.00145. The molecule has 1 aromatic heterocycles. The molecule has 0 bridgehead atoms. The predicted octanol–water partition coefficient (Wildman–Crippen LogP) is 4.88. The SMILES string of the molecule is CC(=O)c1c(C)oc(NC(=O)CCCOc2ccc(Cl)cc2Br)c1C#N. The van der Waals surface area contributed by atoms with Crippen LogP contribution in [0.3, 0.4) is 0 Å². The van der Waals surface area contributed by atoms with E-state index in [-0.39, 0.29) is 35.1 Å². The number of rotatable bonds is 7. The van der Waals surface area contributed by atoms with Gasteiger partial charge in [0, 0.05) is 11.4 Å². The van der Waals surface area contributed by atoms with Crippen molar-refractivity contribution in [1.29, 1.82) is 5.26 Å². The molecule has 0 fully saturated rings. The van der Waals surface area contributed by atoms with Crippen molar-refractivity contribution in [2.45, 2.75) is 26.7 Å². The molecule has 6 nitrogen and oxygen atoms in total. The molecule has 0 aliphatic rings. The Kier molecular flexibility index (Phi) is 6.83. The molecule has 0 aliphatic carbocycles. The van der Waals surface area contributed by atoms with Crippen LogP contribution in [0.5, 0.6) is 5.75 Å². The van der Waals surface area contributed by atoms with Gasteiger partial charge in [-0.05, 0) is 54.4 Å². The number of anilines is 1. The number of nitrogens with one attached hydrogen (secondary N) is 1. The number of ketones is 1. The van der Waals surface area contributed by atoms with Crippen LogP contribution in [0.15, 0.2) is 27.1 Å². The van der Waals surface area contributed by atoms with Gasteiger partial charge in [-0.15, -0.1) is 0 Å². The number of furan rings is 1. The zero-order valence-electron chi connectivity index (χ0n) is 14.2. The first-order valence-electron chi connectivity index (χ1n) is 7.75. The molecule has 0 saturated carbocycles. The lowest BCUT2D eigenvalue weighted by atomic mass is 10.1. The first-order valence-corrected chi connectivity index (χ1v) is 8.92. The number of amides is 1. The summed E-state index contributed by atoms with van der Waals surface area (Å²) in [5, 5.41) is 12.3. The van der Waals surface area contributed by atoms with Crippen LogP contribution in [0.2, 0.25) is 5.02 Å². The van der Waals surface area contributed by atoms with E-state index in [4.69, 9.17) is 20.8 Å². The number of hydrogen-bond donors (Lipinski definition) is 1. The zero-order chi connectivity index (χ0) is 19.3. The quantitative estimate of drug-likeness (QED) is 0.490. The van der Waals surface area contributed by atoms with E-state index in [1.54, 1.807) is 25.1 Å². The molecule has 2 rings (SSSR count). The number of nitrogens with zero attached hydrogens (tertiary/aromatic N) is 1. The highest BCUT2D eigenvalue weighted by Gasteiger charge is 2.22. The summed E-state index contributed by atoms with van der Waals surface area (Å²) in [6, 6.07) is 7.07. The van der Waals surface area contributed by atoms with E-state index >= 15 is 0 Å². The summed E-state index contributed by atoms with van der Waals surface area (Å²) in [5.74, 6) is 0.325. The average Bonchev–Trinajstić information content (AvgIpc) is 2.88. The van der Waals surface area contributed by atoms with E-state index in [2.05, 4.69) is 21.2 Å². The van der Waals surface area contributed by atoms with Crippen LogP contribution in [-0.2, 0) is 4.79 Å². The summed E-state index contributed by atoms with van der Waals surface area (Å²) in [7, 11) is 0. The Morgan fingerprint density at radius 1 is 1.42 bits per heavy atom. The van der Waals surface area contributed by atoms with Crippen LogP contribution in [-0.4, -0.2) is 18.3 Å². The van der Waals surface area contributed by atoms with Crippen molar-refractivity contribution in [2.75, 3.05) is 11.9 Å². The van der Waals surface area contributed by atoms with E-state index in [1.165, 1.54) is 6.92 Å². The van der Waals surface area contributed by atoms with Crippen molar-refractivity contribution >= 4 is 45.1 Å².